The zero-order valence-electron chi connectivity index (χ0n) is 12.8. The highest BCUT2D eigenvalue weighted by Gasteiger charge is 2.22. The van der Waals surface area contributed by atoms with Crippen LogP contribution in [-0.2, 0) is 5.41 Å². The molecule has 1 unspecified atom stereocenters. The summed E-state index contributed by atoms with van der Waals surface area (Å²) in [4.78, 5) is 4.54. The van der Waals surface area contributed by atoms with Crippen LogP contribution in [0.2, 0.25) is 0 Å². The molecule has 0 saturated heterocycles. The van der Waals surface area contributed by atoms with Crippen LogP contribution >= 0.6 is 0 Å². The van der Waals surface area contributed by atoms with Crippen molar-refractivity contribution in [2.24, 2.45) is 0 Å². The largest absolute Gasteiger partial charge is 0.356 e. The fraction of sp³-hybridized carbons (Fsp3) is 0.471. The second kappa shape index (κ2) is 4.65. The molecule has 0 fully saturated rings. The first-order valence-corrected chi connectivity index (χ1v) is 7.35. The zero-order chi connectivity index (χ0) is 14.3. The smallest absolute Gasteiger partial charge is 0.203 e. The van der Waals surface area contributed by atoms with Crippen molar-refractivity contribution in [3.05, 3.63) is 47.3 Å². The van der Waals surface area contributed by atoms with Crippen molar-refractivity contribution in [1.29, 1.82) is 0 Å². The highest BCUT2D eigenvalue weighted by atomic mass is 15.2. The van der Waals surface area contributed by atoms with Gasteiger partial charge in [0.25, 0.3) is 0 Å². The number of nitrogens with zero attached hydrogens (tertiary/aromatic N) is 2. The van der Waals surface area contributed by atoms with E-state index in [4.69, 9.17) is 0 Å². The molecule has 0 amide bonds. The van der Waals surface area contributed by atoms with Gasteiger partial charge in [-0.25, -0.2) is 4.98 Å². The summed E-state index contributed by atoms with van der Waals surface area (Å²) in [6, 6.07) is 9.48. The number of rotatable bonds is 1. The summed E-state index contributed by atoms with van der Waals surface area (Å²) >= 11 is 0. The molecule has 0 saturated carbocycles. The van der Waals surface area contributed by atoms with E-state index in [1.807, 2.05) is 6.92 Å². The van der Waals surface area contributed by atoms with Gasteiger partial charge in [0.1, 0.15) is 0 Å². The van der Waals surface area contributed by atoms with Gasteiger partial charge in [0.05, 0.1) is 11.7 Å². The van der Waals surface area contributed by atoms with Gasteiger partial charge in [-0.1, -0.05) is 45.0 Å². The molecule has 1 aliphatic rings. The fourth-order valence-electron chi connectivity index (χ4n) is 2.88. The van der Waals surface area contributed by atoms with Gasteiger partial charge in [0.15, 0.2) is 0 Å². The van der Waals surface area contributed by atoms with Crippen LogP contribution in [0.25, 0.3) is 0 Å². The molecule has 2 aromatic rings. The van der Waals surface area contributed by atoms with Crippen molar-refractivity contribution in [3.8, 4) is 0 Å². The van der Waals surface area contributed by atoms with Crippen molar-refractivity contribution in [2.45, 2.75) is 45.6 Å². The Morgan fingerprint density at radius 1 is 1.20 bits per heavy atom. The Bertz CT molecular complexity index is 602. The lowest BCUT2D eigenvalue weighted by atomic mass is 9.86. The van der Waals surface area contributed by atoms with E-state index in [9.17, 15) is 0 Å². The standard InChI is InChI=1S/C17H23N3/c1-12-11-20-15(9-10-18-16(20)19-12)13-5-7-14(8-6-13)17(2,3)4/h5-8,11,15H,9-10H2,1-4H3,(H,18,19). The molecule has 1 aliphatic heterocycles. The normalized spacial score (nSPS) is 18.5. The van der Waals surface area contributed by atoms with E-state index in [2.05, 4.69) is 66.1 Å². The van der Waals surface area contributed by atoms with Crippen LogP contribution in [0, 0.1) is 6.92 Å². The van der Waals surface area contributed by atoms with Crippen LogP contribution in [-0.4, -0.2) is 16.1 Å². The number of nitrogens with one attached hydrogen (secondary N) is 1. The van der Waals surface area contributed by atoms with Crippen molar-refractivity contribution in [2.75, 3.05) is 11.9 Å². The van der Waals surface area contributed by atoms with E-state index in [1.54, 1.807) is 0 Å². The number of benzene rings is 1. The maximum Gasteiger partial charge on any atom is 0.203 e. The molecule has 0 spiro atoms. The van der Waals surface area contributed by atoms with Gasteiger partial charge >= 0.3 is 0 Å². The number of anilines is 1. The van der Waals surface area contributed by atoms with Gasteiger partial charge < -0.3 is 9.88 Å². The van der Waals surface area contributed by atoms with Crippen LogP contribution in [0.3, 0.4) is 0 Å². The van der Waals surface area contributed by atoms with Gasteiger partial charge in [0.2, 0.25) is 5.95 Å². The summed E-state index contributed by atoms with van der Waals surface area (Å²) in [6.45, 7) is 9.80. The summed E-state index contributed by atoms with van der Waals surface area (Å²) in [5.41, 5.74) is 4.05. The first kappa shape index (κ1) is 13.2. The second-order valence-corrected chi connectivity index (χ2v) is 6.72. The quantitative estimate of drug-likeness (QED) is 0.851. The molecule has 20 heavy (non-hydrogen) atoms. The molecule has 0 radical (unpaired) electrons. The van der Waals surface area contributed by atoms with Crippen LogP contribution in [0.15, 0.2) is 30.5 Å². The lowest BCUT2D eigenvalue weighted by Gasteiger charge is -2.27. The predicted molar refractivity (Wildman–Crippen MR) is 83.4 cm³/mol. The molecule has 2 heterocycles. The minimum Gasteiger partial charge on any atom is -0.356 e. The Balaban J connectivity index is 1.94. The zero-order valence-corrected chi connectivity index (χ0v) is 12.8. The minimum atomic E-state index is 0.212. The van der Waals surface area contributed by atoms with Gasteiger partial charge in [-0.3, -0.25) is 0 Å². The molecular weight excluding hydrogens is 246 g/mol. The summed E-state index contributed by atoms with van der Waals surface area (Å²) < 4.78 is 2.27. The number of hydrogen-bond acceptors (Lipinski definition) is 2. The molecule has 0 aliphatic carbocycles. The summed E-state index contributed by atoms with van der Waals surface area (Å²) in [6.07, 6.45) is 3.25. The topological polar surface area (TPSA) is 29.9 Å². The highest BCUT2D eigenvalue weighted by Crippen LogP contribution is 2.31. The molecule has 1 aromatic heterocycles. The average Bonchev–Trinajstić information content (AvgIpc) is 2.78. The monoisotopic (exact) mass is 269 g/mol. The lowest BCUT2D eigenvalue weighted by Crippen LogP contribution is -2.23. The van der Waals surface area contributed by atoms with Crippen LogP contribution < -0.4 is 5.32 Å². The first-order valence-electron chi connectivity index (χ1n) is 7.35. The average molecular weight is 269 g/mol. The van der Waals surface area contributed by atoms with E-state index in [0.717, 1.165) is 24.6 Å². The number of imidazole rings is 1. The van der Waals surface area contributed by atoms with E-state index in [1.165, 1.54) is 11.1 Å². The van der Waals surface area contributed by atoms with Crippen LogP contribution in [0.4, 0.5) is 5.95 Å². The Hall–Kier alpha value is -1.77. The Morgan fingerprint density at radius 3 is 2.55 bits per heavy atom. The molecule has 1 N–H and O–H groups in total. The molecule has 3 heteroatoms. The van der Waals surface area contributed by atoms with Crippen molar-refractivity contribution in [3.63, 3.8) is 0 Å². The van der Waals surface area contributed by atoms with Crippen molar-refractivity contribution in [1.82, 2.24) is 9.55 Å². The number of aryl methyl sites for hydroxylation is 1. The maximum absolute atomic E-state index is 4.54. The molecule has 106 valence electrons. The summed E-state index contributed by atoms with van der Waals surface area (Å²) in [7, 11) is 0. The first-order chi connectivity index (χ1) is 9.45. The number of hydrogen-bond donors (Lipinski definition) is 1. The highest BCUT2D eigenvalue weighted by molar-refractivity contribution is 5.37. The Morgan fingerprint density at radius 2 is 1.90 bits per heavy atom. The Labute approximate surface area is 121 Å². The van der Waals surface area contributed by atoms with E-state index >= 15 is 0 Å². The Kier molecular flexibility index (Phi) is 3.08. The fourth-order valence-corrected chi connectivity index (χ4v) is 2.88. The van der Waals surface area contributed by atoms with Gasteiger partial charge in [-0.2, -0.15) is 0 Å². The number of aromatic nitrogens is 2. The minimum absolute atomic E-state index is 0.212. The van der Waals surface area contributed by atoms with Crippen molar-refractivity contribution >= 4 is 5.95 Å². The molecular formula is C17H23N3. The maximum atomic E-state index is 4.54. The van der Waals surface area contributed by atoms with Crippen molar-refractivity contribution < 1.29 is 0 Å². The third-order valence-corrected chi connectivity index (χ3v) is 4.05. The molecule has 3 nitrogen and oxygen atoms in total. The van der Waals surface area contributed by atoms with E-state index in [0.29, 0.717) is 6.04 Å². The second-order valence-electron chi connectivity index (χ2n) is 6.72. The predicted octanol–water partition coefficient (Wildman–Crippen LogP) is 3.89. The lowest BCUT2D eigenvalue weighted by molar-refractivity contribution is 0.529. The molecule has 1 atom stereocenters. The van der Waals surface area contributed by atoms with E-state index in [-0.39, 0.29) is 5.41 Å². The SMILES string of the molecule is Cc1cn2c(n1)NCCC2c1ccc(C(C)(C)C)cc1. The third-order valence-electron chi connectivity index (χ3n) is 4.05. The summed E-state index contributed by atoms with van der Waals surface area (Å²) in [5, 5.41) is 3.37. The molecule has 0 bridgehead atoms. The van der Waals surface area contributed by atoms with Gasteiger partial charge in [-0.05, 0) is 29.9 Å². The molecule has 1 aromatic carbocycles. The van der Waals surface area contributed by atoms with E-state index < -0.39 is 0 Å². The summed E-state index contributed by atoms with van der Waals surface area (Å²) in [5.74, 6) is 0.999. The third kappa shape index (κ3) is 2.33. The van der Waals surface area contributed by atoms with Gasteiger partial charge in [0, 0.05) is 12.7 Å². The van der Waals surface area contributed by atoms with Gasteiger partial charge in [-0.15, -0.1) is 0 Å². The number of fused-ring (bicyclic) bond motifs is 1. The van der Waals surface area contributed by atoms with Crippen LogP contribution in [0.5, 0.6) is 0 Å². The molecule has 3 rings (SSSR count). The van der Waals surface area contributed by atoms with Crippen LogP contribution in [0.1, 0.15) is 50.1 Å².